The highest BCUT2D eigenvalue weighted by molar-refractivity contribution is 8.14. The molecule has 128 valence electrons. The lowest BCUT2D eigenvalue weighted by atomic mass is 9.75. The van der Waals surface area contributed by atoms with E-state index >= 15 is 0 Å². The molecule has 0 aliphatic heterocycles. The van der Waals surface area contributed by atoms with Crippen LogP contribution in [0.5, 0.6) is 5.75 Å². The number of benzene rings is 1. The second kappa shape index (κ2) is 7.49. The topological polar surface area (TPSA) is 52.6 Å². The summed E-state index contributed by atoms with van der Waals surface area (Å²) in [5, 5.41) is -0.148. The first kappa shape index (κ1) is 19.7. The molecule has 0 saturated carbocycles. The Labute approximate surface area is 142 Å². The molecular weight excluding hydrogens is 312 g/mol. The monoisotopic (exact) mass is 338 g/mol. The molecule has 1 atom stereocenters. The number of Topliss-reactive ketones (excluding diaryl/α,β-unsaturated/α-hetero) is 1. The van der Waals surface area contributed by atoms with Crippen LogP contribution in [0.15, 0.2) is 24.3 Å². The Kier molecular flexibility index (Phi) is 6.42. The third-order valence-electron chi connectivity index (χ3n) is 3.59. The fraction of sp³-hybridized carbons (Fsp3) is 0.556. The first-order chi connectivity index (χ1) is 10.5. The molecular formula is C18H26O4S. The number of ether oxygens (including phenoxy) is 2. The van der Waals surface area contributed by atoms with Crippen LogP contribution in [0.3, 0.4) is 0 Å². The summed E-state index contributed by atoms with van der Waals surface area (Å²) in [7, 11) is 3.08. The first-order valence-corrected chi connectivity index (χ1v) is 8.34. The Balaban J connectivity index is 2.98. The van der Waals surface area contributed by atoms with Gasteiger partial charge in [0.15, 0.2) is 0 Å². The summed E-state index contributed by atoms with van der Waals surface area (Å²) in [5.41, 5.74) is -1.32. The highest BCUT2D eigenvalue weighted by atomic mass is 32.2. The van der Waals surface area contributed by atoms with E-state index in [0.717, 1.165) is 11.8 Å². The van der Waals surface area contributed by atoms with Crippen molar-refractivity contribution in [3.63, 3.8) is 0 Å². The Morgan fingerprint density at radius 1 is 1.09 bits per heavy atom. The molecule has 1 aromatic carbocycles. The summed E-state index contributed by atoms with van der Waals surface area (Å²) in [6.45, 7) is 9.26. The van der Waals surface area contributed by atoms with Crippen molar-refractivity contribution >= 4 is 22.7 Å². The largest absolute Gasteiger partial charge is 0.497 e. The fourth-order valence-corrected chi connectivity index (χ4v) is 3.43. The normalized spacial score (nSPS) is 13.5. The van der Waals surface area contributed by atoms with Gasteiger partial charge in [-0.15, -0.1) is 0 Å². The van der Waals surface area contributed by atoms with E-state index in [0.29, 0.717) is 11.3 Å². The van der Waals surface area contributed by atoms with Crippen LogP contribution in [0.25, 0.3) is 0 Å². The van der Waals surface area contributed by atoms with Crippen LogP contribution in [0.2, 0.25) is 0 Å². The summed E-state index contributed by atoms with van der Waals surface area (Å²) in [4.78, 5) is 25.2. The van der Waals surface area contributed by atoms with E-state index in [4.69, 9.17) is 9.47 Å². The molecule has 0 radical (unpaired) electrons. The lowest BCUT2D eigenvalue weighted by Crippen LogP contribution is -2.43. The summed E-state index contributed by atoms with van der Waals surface area (Å²) >= 11 is 1.03. The molecule has 0 fully saturated rings. The van der Waals surface area contributed by atoms with Gasteiger partial charge in [-0.1, -0.05) is 44.7 Å². The van der Waals surface area contributed by atoms with Gasteiger partial charge in [-0.25, -0.2) is 0 Å². The molecule has 0 aliphatic rings. The van der Waals surface area contributed by atoms with Crippen LogP contribution in [0.1, 0.15) is 45.0 Å². The summed E-state index contributed by atoms with van der Waals surface area (Å²) in [6, 6.07) is 6.95. The number of rotatable bonds is 6. The number of hydrogen-bond acceptors (Lipinski definition) is 5. The number of ketones is 1. The summed E-state index contributed by atoms with van der Waals surface area (Å²) < 4.78 is 10.6. The fourth-order valence-electron chi connectivity index (χ4n) is 2.48. The molecule has 1 unspecified atom stereocenters. The number of methoxy groups -OCH3 is 2. The van der Waals surface area contributed by atoms with Crippen LogP contribution < -0.4 is 4.74 Å². The van der Waals surface area contributed by atoms with Gasteiger partial charge in [-0.05, 0) is 26.0 Å². The highest BCUT2D eigenvalue weighted by Crippen LogP contribution is 2.39. The second-order valence-electron chi connectivity index (χ2n) is 7.01. The minimum atomic E-state index is -0.786. The van der Waals surface area contributed by atoms with Crippen LogP contribution in [-0.2, 0) is 9.53 Å². The van der Waals surface area contributed by atoms with Crippen LogP contribution in [0, 0.1) is 10.8 Å². The first-order valence-electron chi connectivity index (χ1n) is 7.46. The average molecular weight is 338 g/mol. The predicted octanol–water partition coefficient (Wildman–Crippen LogP) is 4.18. The molecule has 5 heteroatoms. The number of carbonyl (C=O) groups excluding carboxylic acids is 2. The zero-order valence-electron chi connectivity index (χ0n) is 14.9. The van der Waals surface area contributed by atoms with Crippen molar-refractivity contribution in [1.82, 2.24) is 0 Å². The molecule has 23 heavy (non-hydrogen) atoms. The maximum Gasteiger partial charge on any atom is 0.222 e. The zero-order chi connectivity index (χ0) is 17.8. The molecule has 0 aliphatic carbocycles. The van der Waals surface area contributed by atoms with Crippen molar-refractivity contribution in [3.05, 3.63) is 29.8 Å². The summed E-state index contributed by atoms with van der Waals surface area (Å²) in [5.74, 6) is 0.679. The quantitative estimate of drug-likeness (QED) is 0.728. The molecule has 0 bridgehead atoms. The summed E-state index contributed by atoms with van der Waals surface area (Å²) in [6.07, 6.45) is 0. The third kappa shape index (κ3) is 4.82. The molecule has 0 amide bonds. The molecule has 0 N–H and O–H groups in total. The molecule has 0 aromatic heterocycles. The van der Waals surface area contributed by atoms with Gasteiger partial charge in [0.1, 0.15) is 17.0 Å². The molecule has 4 nitrogen and oxygen atoms in total. The maximum absolute atomic E-state index is 12.7. The molecule has 0 saturated heterocycles. The lowest BCUT2D eigenvalue weighted by molar-refractivity contribution is -0.138. The molecule has 0 spiro atoms. The van der Waals surface area contributed by atoms with Crippen LogP contribution in [0.4, 0.5) is 0 Å². The average Bonchev–Trinajstić information content (AvgIpc) is 2.50. The zero-order valence-corrected chi connectivity index (χ0v) is 15.7. The van der Waals surface area contributed by atoms with Gasteiger partial charge >= 0.3 is 0 Å². The maximum atomic E-state index is 12.7. The van der Waals surface area contributed by atoms with E-state index in [-0.39, 0.29) is 10.9 Å². The van der Waals surface area contributed by atoms with E-state index in [9.17, 15) is 9.59 Å². The molecule has 0 heterocycles. The van der Waals surface area contributed by atoms with Gasteiger partial charge in [0.05, 0.1) is 12.5 Å². The Morgan fingerprint density at radius 2 is 1.70 bits per heavy atom. The third-order valence-corrected chi connectivity index (χ3v) is 5.03. The van der Waals surface area contributed by atoms with E-state index in [1.165, 1.54) is 7.11 Å². The number of carbonyl (C=O) groups is 2. The van der Waals surface area contributed by atoms with Gasteiger partial charge in [0, 0.05) is 18.1 Å². The van der Waals surface area contributed by atoms with E-state index in [2.05, 4.69) is 0 Å². The smallest absolute Gasteiger partial charge is 0.222 e. The van der Waals surface area contributed by atoms with Crippen molar-refractivity contribution in [2.24, 2.45) is 10.8 Å². The van der Waals surface area contributed by atoms with Gasteiger partial charge < -0.3 is 9.47 Å². The van der Waals surface area contributed by atoms with E-state index < -0.39 is 16.3 Å². The molecule has 1 rings (SSSR count). The van der Waals surface area contributed by atoms with Crippen molar-refractivity contribution in [2.45, 2.75) is 40.1 Å². The predicted molar refractivity (Wildman–Crippen MR) is 94.0 cm³/mol. The second-order valence-corrected chi connectivity index (χ2v) is 8.04. The van der Waals surface area contributed by atoms with Gasteiger partial charge in [0.25, 0.3) is 0 Å². The SMILES string of the molecule is COc1cccc(C(=O)SC(OC)C(C)(C)C(=O)C(C)(C)C)c1. The number of hydrogen-bond donors (Lipinski definition) is 0. The Hall–Kier alpha value is -1.33. The van der Waals surface area contributed by atoms with Crippen molar-refractivity contribution in [3.8, 4) is 5.75 Å². The van der Waals surface area contributed by atoms with Gasteiger partial charge in [-0.3, -0.25) is 9.59 Å². The van der Waals surface area contributed by atoms with Gasteiger partial charge in [0.2, 0.25) is 5.12 Å². The van der Waals surface area contributed by atoms with Crippen LogP contribution >= 0.6 is 11.8 Å². The Bertz CT molecular complexity index is 573. The van der Waals surface area contributed by atoms with E-state index in [1.54, 1.807) is 31.4 Å². The lowest BCUT2D eigenvalue weighted by Gasteiger charge is -2.35. The Morgan fingerprint density at radius 3 is 2.17 bits per heavy atom. The van der Waals surface area contributed by atoms with E-state index in [1.807, 2.05) is 34.6 Å². The standard InChI is InChI=1S/C18H26O4S/c1-17(2,3)15(20)18(4,5)16(22-7)23-14(19)12-9-8-10-13(11-12)21-6/h8-11,16H,1-7H3. The number of thioether (sulfide) groups is 1. The van der Waals surface area contributed by atoms with Crippen molar-refractivity contribution in [1.29, 1.82) is 0 Å². The van der Waals surface area contributed by atoms with Gasteiger partial charge in [-0.2, -0.15) is 0 Å². The van der Waals surface area contributed by atoms with Crippen LogP contribution in [-0.4, -0.2) is 30.6 Å². The highest BCUT2D eigenvalue weighted by Gasteiger charge is 2.43. The molecule has 1 aromatic rings. The van der Waals surface area contributed by atoms with Crippen molar-refractivity contribution < 1.29 is 19.1 Å². The minimum absolute atomic E-state index is 0.0581. The van der Waals surface area contributed by atoms with Crippen molar-refractivity contribution in [2.75, 3.05) is 14.2 Å². The minimum Gasteiger partial charge on any atom is -0.497 e.